The molecule has 2 N–H and O–H groups in total. The molecule has 0 bridgehead atoms. The largest absolute Gasteiger partial charge is 0.453 e. The van der Waals surface area contributed by atoms with E-state index in [2.05, 4.69) is 15.6 Å². The molecule has 3 aromatic carbocycles. The molecule has 0 unspecified atom stereocenters. The summed E-state index contributed by atoms with van der Waals surface area (Å²) in [5.74, 6) is -0.967. The molecule has 0 atom stereocenters. The monoisotopic (exact) mass is 660 g/mol. The Kier molecular flexibility index (Phi) is 10.6. The van der Waals surface area contributed by atoms with E-state index >= 15 is 4.39 Å². The normalized spacial score (nSPS) is 10.9. The summed E-state index contributed by atoms with van der Waals surface area (Å²) in [5, 5.41) is 5.32. The number of aromatic nitrogens is 1. The highest BCUT2D eigenvalue weighted by Crippen LogP contribution is 2.39. The van der Waals surface area contributed by atoms with E-state index in [1.165, 1.54) is 47.7 Å². The minimum Gasteiger partial charge on any atom is -0.453 e. The van der Waals surface area contributed by atoms with Crippen LogP contribution in [0.25, 0.3) is 20.7 Å². The number of rotatable bonds is 11. The number of nitrogens with one attached hydrogen (secondary N) is 2. The van der Waals surface area contributed by atoms with Crippen LogP contribution in [0.1, 0.15) is 18.1 Å². The van der Waals surface area contributed by atoms with Gasteiger partial charge in [-0.15, -0.1) is 11.3 Å². The highest BCUT2D eigenvalue weighted by Gasteiger charge is 2.15. The molecule has 2 aromatic heterocycles. The number of thiocarbonyl (C=S) groups is 1. The maximum atomic E-state index is 15.1. The van der Waals surface area contributed by atoms with Crippen LogP contribution in [0.2, 0.25) is 0 Å². The van der Waals surface area contributed by atoms with Crippen LogP contribution < -0.4 is 15.4 Å². The summed E-state index contributed by atoms with van der Waals surface area (Å²) in [7, 11) is 1.61. The number of thiophene rings is 1. The van der Waals surface area contributed by atoms with Crippen LogP contribution in [0, 0.1) is 11.6 Å². The topological polar surface area (TPSA) is 92.8 Å². The lowest BCUT2D eigenvalue weighted by molar-refractivity contribution is -0.130. The van der Waals surface area contributed by atoms with Gasteiger partial charge in [-0.1, -0.05) is 36.4 Å². The third-order valence-electron chi connectivity index (χ3n) is 6.94. The number of hydrogen-bond acceptors (Lipinski definition) is 7. The molecule has 0 aliphatic carbocycles. The van der Waals surface area contributed by atoms with Gasteiger partial charge in [-0.05, 0) is 59.2 Å². The van der Waals surface area contributed by atoms with Gasteiger partial charge in [0, 0.05) is 56.0 Å². The van der Waals surface area contributed by atoms with Crippen molar-refractivity contribution in [3.8, 4) is 21.9 Å². The molecule has 0 spiro atoms. The third-order valence-corrected chi connectivity index (χ3v) is 8.33. The number of pyridine rings is 1. The van der Waals surface area contributed by atoms with E-state index in [0.29, 0.717) is 42.2 Å². The molecule has 0 aliphatic heterocycles. The zero-order chi connectivity index (χ0) is 32.6. The van der Waals surface area contributed by atoms with E-state index in [1.807, 2.05) is 30.3 Å². The summed E-state index contributed by atoms with van der Waals surface area (Å²) in [4.78, 5) is 31.4. The van der Waals surface area contributed by atoms with Crippen molar-refractivity contribution in [2.75, 3.05) is 25.6 Å². The SMILES string of the molecule is COCCN(Cc1ccc(-c2cc3nccc(Oc4ccc(NC(=S)NC(=O)Cc5ccc(F)cc5)cc4F)c3s2)cc1)C(C)=O. The van der Waals surface area contributed by atoms with E-state index in [4.69, 9.17) is 21.7 Å². The van der Waals surface area contributed by atoms with Gasteiger partial charge in [0.05, 0.1) is 23.2 Å². The van der Waals surface area contributed by atoms with Gasteiger partial charge in [0.2, 0.25) is 11.8 Å². The van der Waals surface area contributed by atoms with Gasteiger partial charge in [0.25, 0.3) is 0 Å². The second-order valence-corrected chi connectivity index (χ2v) is 11.8. The van der Waals surface area contributed by atoms with Crippen molar-refractivity contribution in [2.24, 2.45) is 0 Å². The molecule has 46 heavy (non-hydrogen) atoms. The van der Waals surface area contributed by atoms with Crippen molar-refractivity contribution in [2.45, 2.75) is 19.9 Å². The first kappa shape index (κ1) is 32.6. The molecule has 0 aliphatic rings. The van der Waals surface area contributed by atoms with Crippen molar-refractivity contribution in [3.63, 3.8) is 0 Å². The minimum atomic E-state index is -0.632. The fraction of sp³-hybridized carbons (Fsp3) is 0.176. The van der Waals surface area contributed by atoms with E-state index in [0.717, 1.165) is 20.7 Å². The summed E-state index contributed by atoms with van der Waals surface area (Å²) in [6, 6.07) is 21.5. The first-order valence-corrected chi connectivity index (χ1v) is 15.5. The fourth-order valence-electron chi connectivity index (χ4n) is 4.58. The van der Waals surface area contributed by atoms with Crippen molar-refractivity contribution in [1.29, 1.82) is 0 Å². The number of carbonyl (C=O) groups excluding carboxylic acids is 2. The molecule has 2 heterocycles. The number of amides is 2. The maximum Gasteiger partial charge on any atom is 0.230 e. The first-order chi connectivity index (χ1) is 22.2. The number of methoxy groups -OCH3 is 1. The molecule has 0 saturated heterocycles. The molecule has 5 aromatic rings. The van der Waals surface area contributed by atoms with Crippen LogP contribution in [0.15, 0.2) is 85.1 Å². The molecule has 5 rings (SSSR count). The number of anilines is 1. The molecular formula is C34H30F2N4O4S2. The quantitative estimate of drug-likeness (QED) is 0.146. The van der Waals surface area contributed by atoms with E-state index in [1.54, 1.807) is 37.3 Å². The van der Waals surface area contributed by atoms with Crippen LogP contribution in [-0.4, -0.2) is 47.1 Å². The number of carbonyl (C=O) groups is 2. The Morgan fingerprint density at radius 1 is 0.957 bits per heavy atom. The van der Waals surface area contributed by atoms with Gasteiger partial charge < -0.3 is 25.0 Å². The van der Waals surface area contributed by atoms with Crippen LogP contribution in [0.5, 0.6) is 11.5 Å². The van der Waals surface area contributed by atoms with Crippen molar-refractivity contribution < 1.29 is 27.8 Å². The summed E-state index contributed by atoms with van der Waals surface area (Å²) in [6.45, 7) is 3.02. The Bertz CT molecular complexity index is 1860. The van der Waals surface area contributed by atoms with Gasteiger partial charge in [0.1, 0.15) is 11.6 Å². The number of benzene rings is 3. The fourth-order valence-corrected chi connectivity index (χ4v) is 5.88. The predicted molar refractivity (Wildman–Crippen MR) is 179 cm³/mol. The first-order valence-electron chi connectivity index (χ1n) is 14.2. The summed E-state index contributed by atoms with van der Waals surface area (Å²) in [5.41, 5.74) is 3.64. The van der Waals surface area contributed by atoms with E-state index in [9.17, 15) is 14.0 Å². The van der Waals surface area contributed by atoms with Gasteiger partial charge in [0.15, 0.2) is 16.7 Å². The Morgan fingerprint density at radius 2 is 1.70 bits per heavy atom. The summed E-state index contributed by atoms with van der Waals surface area (Å²) in [6.07, 6.45) is 1.61. The highest BCUT2D eigenvalue weighted by molar-refractivity contribution is 7.80. The minimum absolute atomic E-state index is 0.00237. The van der Waals surface area contributed by atoms with Crippen LogP contribution >= 0.6 is 23.6 Å². The number of ether oxygens (including phenoxy) is 2. The zero-order valence-electron chi connectivity index (χ0n) is 25.0. The lowest BCUT2D eigenvalue weighted by Crippen LogP contribution is -2.35. The Balaban J connectivity index is 1.23. The Labute approximate surface area is 274 Å². The number of halogens is 2. The van der Waals surface area contributed by atoms with Crippen molar-refractivity contribution in [1.82, 2.24) is 15.2 Å². The molecule has 2 amide bonds. The smallest absolute Gasteiger partial charge is 0.230 e. The van der Waals surface area contributed by atoms with Crippen LogP contribution in [0.4, 0.5) is 14.5 Å². The maximum absolute atomic E-state index is 15.1. The Morgan fingerprint density at radius 3 is 2.39 bits per heavy atom. The van der Waals surface area contributed by atoms with Gasteiger partial charge in [-0.25, -0.2) is 8.78 Å². The van der Waals surface area contributed by atoms with Crippen molar-refractivity contribution >= 4 is 56.4 Å². The predicted octanol–water partition coefficient (Wildman–Crippen LogP) is 7.08. The van der Waals surface area contributed by atoms with Crippen LogP contribution in [0.3, 0.4) is 0 Å². The third kappa shape index (κ3) is 8.47. The standard InChI is InChI=1S/C34H30F2N4O4S2/c1-21(41)40(15-16-43-2)20-23-3-7-24(8-4-23)31-19-28-33(46-31)30(13-14-37-28)44-29-12-11-26(18-27(29)36)38-34(45)39-32(42)17-22-5-9-25(35)10-6-22/h3-14,18-19H,15-17,20H2,1-2H3,(H2,38,39,42,45). The zero-order valence-corrected chi connectivity index (χ0v) is 26.6. The van der Waals surface area contributed by atoms with E-state index in [-0.39, 0.29) is 29.0 Å². The lowest BCUT2D eigenvalue weighted by Gasteiger charge is -2.20. The van der Waals surface area contributed by atoms with Gasteiger partial charge >= 0.3 is 0 Å². The lowest BCUT2D eigenvalue weighted by atomic mass is 10.1. The van der Waals surface area contributed by atoms with Gasteiger partial charge in [-0.2, -0.15) is 0 Å². The molecule has 0 radical (unpaired) electrons. The summed E-state index contributed by atoms with van der Waals surface area (Å²) < 4.78 is 40.1. The average molecular weight is 661 g/mol. The number of hydrogen-bond donors (Lipinski definition) is 2. The summed E-state index contributed by atoms with van der Waals surface area (Å²) >= 11 is 6.67. The molecule has 0 saturated carbocycles. The molecular weight excluding hydrogens is 631 g/mol. The number of fused-ring (bicyclic) bond motifs is 1. The van der Waals surface area contributed by atoms with E-state index < -0.39 is 11.7 Å². The second kappa shape index (κ2) is 15.0. The molecule has 12 heteroatoms. The van der Waals surface area contributed by atoms with Crippen LogP contribution in [-0.2, 0) is 27.3 Å². The number of nitrogens with zero attached hydrogens (tertiary/aromatic N) is 2. The second-order valence-electron chi connectivity index (χ2n) is 10.3. The van der Waals surface area contributed by atoms with Crippen molar-refractivity contribution in [3.05, 3.63) is 108 Å². The molecule has 236 valence electrons. The van der Waals surface area contributed by atoms with Gasteiger partial charge in [-0.3, -0.25) is 14.6 Å². The molecule has 0 fully saturated rings. The average Bonchev–Trinajstić information content (AvgIpc) is 3.47. The Hall–Kier alpha value is -4.78. The molecule has 8 nitrogen and oxygen atoms in total. The highest BCUT2D eigenvalue weighted by atomic mass is 32.1.